The second-order valence-corrected chi connectivity index (χ2v) is 13.9. The van der Waals surface area contributed by atoms with Gasteiger partial charge in [0.2, 0.25) is 11.8 Å². The van der Waals surface area contributed by atoms with Crippen LogP contribution in [0.25, 0.3) is 0 Å². The molecule has 4 aromatic rings. The van der Waals surface area contributed by atoms with E-state index < -0.39 is 46.8 Å². The number of benzene rings is 4. The van der Waals surface area contributed by atoms with Crippen molar-refractivity contribution in [2.45, 2.75) is 31.1 Å². The molecule has 9 nitrogen and oxygen atoms in total. The number of phenols is 1. The molecule has 1 saturated carbocycles. The van der Waals surface area contributed by atoms with Gasteiger partial charge >= 0.3 is 0 Å². The zero-order chi connectivity index (χ0) is 34.9. The summed E-state index contributed by atoms with van der Waals surface area (Å²) < 4.78 is 5.36. The molecule has 252 valence electrons. The molecule has 50 heavy (non-hydrogen) atoms. The largest absolute Gasteiger partial charge is 0.504 e. The number of imide groups is 2. The maximum Gasteiger partial charge on any atom is 0.260 e. The Balaban J connectivity index is 1.32. The van der Waals surface area contributed by atoms with Gasteiger partial charge in [-0.2, -0.15) is 5.01 Å². The van der Waals surface area contributed by atoms with Crippen LogP contribution in [-0.2, 0) is 24.6 Å². The van der Waals surface area contributed by atoms with Crippen molar-refractivity contribution in [3.8, 4) is 11.5 Å². The van der Waals surface area contributed by atoms with Crippen molar-refractivity contribution in [3.63, 3.8) is 0 Å². The van der Waals surface area contributed by atoms with Gasteiger partial charge in [0.05, 0.1) is 41.7 Å². The third-order valence-electron chi connectivity index (χ3n) is 11.0. The van der Waals surface area contributed by atoms with Crippen LogP contribution < -0.4 is 15.1 Å². The first-order chi connectivity index (χ1) is 24.1. The number of halogens is 1. The van der Waals surface area contributed by atoms with Gasteiger partial charge < -0.3 is 9.84 Å². The van der Waals surface area contributed by atoms with E-state index in [-0.39, 0.29) is 36.2 Å². The minimum atomic E-state index is -1.44. The van der Waals surface area contributed by atoms with Gasteiger partial charge in [-0.3, -0.25) is 29.5 Å². The van der Waals surface area contributed by atoms with E-state index >= 15 is 4.79 Å². The van der Waals surface area contributed by atoms with Crippen molar-refractivity contribution in [1.29, 1.82) is 0 Å². The molecule has 6 atom stereocenters. The highest BCUT2D eigenvalue weighted by atomic mass is 35.5. The number of nitrogens with one attached hydrogen (secondary N) is 1. The average molecular weight is 688 g/mol. The highest BCUT2D eigenvalue weighted by molar-refractivity contribution is 6.31. The molecule has 10 heteroatoms. The number of fused-ring (bicyclic) bond motifs is 4. The third-order valence-corrected chi connectivity index (χ3v) is 11.3. The highest BCUT2D eigenvalue weighted by Crippen LogP contribution is 2.64. The van der Waals surface area contributed by atoms with E-state index in [1.165, 1.54) is 12.0 Å². The Morgan fingerprint density at radius 1 is 0.860 bits per heavy atom. The molecule has 4 amide bonds. The number of hydrogen-bond donors (Lipinski definition) is 2. The predicted molar refractivity (Wildman–Crippen MR) is 187 cm³/mol. The number of amides is 4. The van der Waals surface area contributed by atoms with Gasteiger partial charge in [-0.05, 0) is 85.3 Å². The summed E-state index contributed by atoms with van der Waals surface area (Å²) in [6.45, 7) is 1.95. The fourth-order valence-corrected chi connectivity index (χ4v) is 8.98. The maximum absolute atomic E-state index is 15.2. The first kappa shape index (κ1) is 31.8. The van der Waals surface area contributed by atoms with Crippen molar-refractivity contribution in [2.24, 2.45) is 23.7 Å². The fourth-order valence-electron chi connectivity index (χ4n) is 8.85. The molecule has 0 radical (unpaired) electrons. The van der Waals surface area contributed by atoms with Crippen molar-refractivity contribution in [2.75, 3.05) is 17.4 Å². The van der Waals surface area contributed by atoms with E-state index in [9.17, 15) is 19.5 Å². The summed E-state index contributed by atoms with van der Waals surface area (Å²) in [5.74, 6) is -4.93. The molecule has 4 aliphatic rings. The number of nitrogens with zero attached hydrogens (tertiary/aromatic N) is 2. The van der Waals surface area contributed by atoms with Crippen LogP contribution in [0.2, 0.25) is 5.02 Å². The van der Waals surface area contributed by atoms with Crippen LogP contribution in [0, 0.1) is 30.6 Å². The Morgan fingerprint density at radius 3 is 2.26 bits per heavy atom. The maximum atomic E-state index is 15.2. The van der Waals surface area contributed by atoms with Crippen LogP contribution >= 0.6 is 11.6 Å². The Kier molecular flexibility index (Phi) is 7.56. The molecule has 2 N–H and O–H groups in total. The number of methoxy groups -OCH3 is 1. The molecule has 2 saturated heterocycles. The van der Waals surface area contributed by atoms with Gasteiger partial charge in [0.1, 0.15) is 0 Å². The molecule has 0 bridgehead atoms. The lowest BCUT2D eigenvalue weighted by molar-refractivity contribution is -0.138. The topological polar surface area (TPSA) is 116 Å². The van der Waals surface area contributed by atoms with Crippen LogP contribution in [0.15, 0.2) is 109 Å². The van der Waals surface area contributed by atoms with E-state index in [2.05, 4.69) is 5.43 Å². The second kappa shape index (κ2) is 11.9. The Bertz CT molecular complexity index is 2080. The van der Waals surface area contributed by atoms with Crippen molar-refractivity contribution in [1.82, 2.24) is 5.01 Å². The lowest BCUT2D eigenvalue weighted by atomic mass is 9.49. The Labute approximate surface area is 294 Å². The lowest BCUT2D eigenvalue weighted by Gasteiger charge is -2.50. The number of aromatic hydroxyl groups is 1. The smallest absolute Gasteiger partial charge is 0.260 e. The summed E-state index contributed by atoms with van der Waals surface area (Å²) in [4.78, 5) is 59.5. The highest BCUT2D eigenvalue weighted by Gasteiger charge is 2.70. The molecule has 2 heterocycles. The summed E-state index contributed by atoms with van der Waals surface area (Å²) in [6, 6.07) is 28.3. The van der Waals surface area contributed by atoms with E-state index in [1.54, 1.807) is 42.5 Å². The molecule has 0 spiro atoms. The van der Waals surface area contributed by atoms with Gasteiger partial charge in [0, 0.05) is 10.9 Å². The first-order valence-electron chi connectivity index (χ1n) is 16.6. The van der Waals surface area contributed by atoms with Crippen molar-refractivity contribution < 1.29 is 29.0 Å². The Morgan fingerprint density at radius 2 is 1.58 bits per heavy atom. The fraction of sp³-hybridized carbons (Fsp3) is 0.250. The Hall–Kier alpha value is -5.41. The number of hydrogen-bond acceptors (Lipinski definition) is 7. The van der Waals surface area contributed by atoms with Gasteiger partial charge in [-0.25, -0.2) is 0 Å². The third kappa shape index (κ3) is 4.60. The molecule has 0 unspecified atom stereocenters. The van der Waals surface area contributed by atoms with Crippen LogP contribution in [0.1, 0.15) is 35.4 Å². The number of allylic oxidation sites excluding steroid dienone is 2. The number of carbonyl (C=O) groups is 4. The van der Waals surface area contributed by atoms with Gasteiger partial charge in [0.15, 0.2) is 11.5 Å². The molecule has 2 aliphatic carbocycles. The monoisotopic (exact) mass is 687 g/mol. The van der Waals surface area contributed by atoms with Gasteiger partial charge in [-0.15, -0.1) is 0 Å². The summed E-state index contributed by atoms with van der Waals surface area (Å²) in [5.41, 5.74) is 5.74. The van der Waals surface area contributed by atoms with E-state index in [0.717, 1.165) is 16.1 Å². The molecule has 4 aromatic carbocycles. The molecular formula is C40H34ClN3O6. The number of phenolic OH excluding ortho intramolecular Hbond substituents is 1. The number of rotatable bonds is 6. The summed E-state index contributed by atoms with van der Waals surface area (Å²) in [7, 11) is 1.46. The standard InChI is InChI=1S/C40H34ClN3O6/c1-22-8-13-26(14-9-22)42-44-37(47)31-21-30-28(17-18-29-34(30)38(48)43(36(29)46)27-15-11-25(41)12-16-27)35(23-10-19-33(50-2)32(45)20-23)40(31,39(44)49)24-6-4-3-5-7-24/h3-17,19-20,29-31,34-35,42,45H,18,21H2,1-2H3/t29-,30+,31-,34-,35-,40+/m0/s1. The molecule has 2 aliphatic heterocycles. The average Bonchev–Trinajstić information content (AvgIpc) is 3.50. The van der Waals surface area contributed by atoms with E-state index in [0.29, 0.717) is 27.5 Å². The van der Waals surface area contributed by atoms with Gasteiger partial charge in [0.25, 0.3) is 11.8 Å². The van der Waals surface area contributed by atoms with E-state index in [1.807, 2.05) is 67.6 Å². The molecule has 0 aromatic heterocycles. The minimum absolute atomic E-state index is 0.117. The van der Waals surface area contributed by atoms with Crippen LogP contribution in [0.4, 0.5) is 11.4 Å². The lowest BCUT2D eigenvalue weighted by Crippen LogP contribution is -2.53. The van der Waals surface area contributed by atoms with Crippen LogP contribution in [-0.4, -0.2) is 40.9 Å². The summed E-state index contributed by atoms with van der Waals surface area (Å²) in [6.07, 6.45) is 2.44. The number of anilines is 2. The van der Waals surface area contributed by atoms with E-state index in [4.69, 9.17) is 16.3 Å². The molecule has 8 rings (SSSR count). The number of ether oxygens (including phenoxy) is 1. The predicted octanol–water partition coefficient (Wildman–Crippen LogP) is 6.55. The summed E-state index contributed by atoms with van der Waals surface area (Å²) in [5, 5.41) is 12.7. The van der Waals surface area contributed by atoms with Gasteiger partial charge in [-0.1, -0.05) is 77.3 Å². The van der Waals surface area contributed by atoms with Crippen LogP contribution in [0.5, 0.6) is 11.5 Å². The number of carbonyl (C=O) groups excluding carboxylic acids is 4. The first-order valence-corrected chi connectivity index (χ1v) is 17.0. The van der Waals surface area contributed by atoms with Crippen molar-refractivity contribution in [3.05, 3.63) is 130 Å². The SMILES string of the molecule is COc1ccc([C@H]2C3=CC[C@@H]4C(=O)N(c5ccc(Cl)cc5)C(=O)[C@@H]4[C@@H]3C[C@H]3C(=O)N(Nc4ccc(C)cc4)C(=O)[C@@]23c2ccccc2)cc1O. The molecular weight excluding hydrogens is 654 g/mol. The molecule has 3 fully saturated rings. The quantitative estimate of drug-likeness (QED) is 0.174. The second-order valence-electron chi connectivity index (χ2n) is 13.5. The zero-order valence-corrected chi connectivity index (χ0v) is 28.1. The minimum Gasteiger partial charge on any atom is -0.504 e. The summed E-state index contributed by atoms with van der Waals surface area (Å²) >= 11 is 6.13. The zero-order valence-electron chi connectivity index (χ0n) is 27.4. The number of hydrazine groups is 1. The van der Waals surface area contributed by atoms with Crippen molar-refractivity contribution >= 4 is 46.6 Å². The normalized spacial score (nSPS) is 27.1. The number of aryl methyl sites for hydroxylation is 1. The van der Waals surface area contributed by atoms with Crippen LogP contribution in [0.3, 0.4) is 0 Å².